The molecule has 1 aromatic carbocycles. The van der Waals surface area contributed by atoms with Crippen molar-refractivity contribution in [3.8, 4) is 0 Å². The summed E-state index contributed by atoms with van der Waals surface area (Å²) < 4.78 is 1.00. The molecular formula is C9H12BrNO. The molecule has 0 aliphatic carbocycles. The Morgan fingerprint density at radius 3 is 2.25 bits per heavy atom. The van der Waals surface area contributed by atoms with E-state index in [0.29, 0.717) is 0 Å². The Morgan fingerprint density at radius 1 is 1.33 bits per heavy atom. The number of hydrogen-bond donors (Lipinski definition) is 2. The molecule has 0 saturated carbocycles. The summed E-state index contributed by atoms with van der Waals surface area (Å²) in [6.07, 6.45) is -0.571. The first kappa shape index (κ1) is 9.71. The van der Waals surface area contributed by atoms with Gasteiger partial charge in [-0.25, -0.2) is 0 Å². The van der Waals surface area contributed by atoms with E-state index >= 15 is 0 Å². The first-order chi connectivity index (χ1) is 5.61. The number of aliphatic hydroxyl groups excluding tert-OH is 1. The van der Waals surface area contributed by atoms with Crippen LogP contribution < -0.4 is 5.73 Å². The molecule has 0 radical (unpaired) electrons. The number of hydrogen-bond acceptors (Lipinski definition) is 2. The van der Waals surface area contributed by atoms with Crippen LogP contribution in [0.1, 0.15) is 18.6 Å². The zero-order chi connectivity index (χ0) is 9.14. The summed E-state index contributed by atoms with van der Waals surface area (Å²) in [6, 6.07) is 7.27. The lowest BCUT2D eigenvalue weighted by Crippen LogP contribution is -2.24. The summed E-state index contributed by atoms with van der Waals surface area (Å²) in [5, 5.41) is 9.55. The summed E-state index contributed by atoms with van der Waals surface area (Å²) in [5.41, 5.74) is 6.40. The molecule has 0 fully saturated rings. The predicted octanol–water partition coefficient (Wildman–Crippen LogP) is 1.83. The Morgan fingerprint density at radius 2 is 1.83 bits per heavy atom. The minimum atomic E-state index is -0.571. The Balaban J connectivity index is 2.82. The van der Waals surface area contributed by atoms with Gasteiger partial charge in [-0.15, -0.1) is 0 Å². The van der Waals surface area contributed by atoms with Gasteiger partial charge >= 0.3 is 0 Å². The van der Waals surface area contributed by atoms with E-state index in [1.54, 1.807) is 6.92 Å². The van der Waals surface area contributed by atoms with E-state index in [1.807, 2.05) is 24.3 Å². The van der Waals surface area contributed by atoms with Crippen molar-refractivity contribution in [3.63, 3.8) is 0 Å². The van der Waals surface area contributed by atoms with Crippen LogP contribution in [0.4, 0.5) is 0 Å². The highest BCUT2D eigenvalue weighted by molar-refractivity contribution is 9.10. The Bertz CT molecular complexity index is 245. The quantitative estimate of drug-likeness (QED) is 0.814. The van der Waals surface area contributed by atoms with Gasteiger partial charge < -0.3 is 10.8 Å². The summed E-state index contributed by atoms with van der Waals surface area (Å²) in [4.78, 5) is 0. The largest absolute Gasteiger partial charge is 0.387 e. The van der Waals surface area contributed by atoms with Crippen molar-refractivity contribution in [3.05, 3.63) is 34.3 Å². The third kappa shape index (κ3) is 2.30. The molecule has 0 bridgehead atoms. The van der Waals surface area contributed by atoms with Crippen molar-refractivity contribution in [1.29, 1.82) is 0 Å². The van der Waals surface area contributed by atoms with Crippen LogP contribution in [0.15, 0.2) is 28.7 Å². The number of rotatable bonds is 2. The maximum Gasteiger partial charge on any atom is 0.0938 e. The van der Waals surface area contributed by atoms with Crippen molar-refractivity contribution in [1.82, 2.24) is 0 Å². The second kappa shape index (κ2) is 4.03. The summed E-state index contributed by atoms with van der Waals surface area (Å²) in [6.45, 7) is 1.78. The molecule has 0 saturated heterocycles. The fourth-order valence-corrected chi connectivity index (χ4v) is 1.23. The van der Waals surface area contributed by atoms with Gasteiger partial charge in [0.15, 0.2) is 0 Å². The lowest BCUT2D eigenvalue weighted by molar-refractivity contribution is 0.153. The summed E-state index contributed by atoms with van der Waals surface area (Å²) in [7, 11) is 0. The van der Waals surface area contributed by atoms with Gasteiger partial charge in [0.1, 0.15) is 0 Å². The highest BCUT2D eigenvalue weighted by Crippen LogP contribution is 2.18. The van der Waals surface area contributed by atoms with E-state index in [2.05, 4.69) is 15.9 Å². The lowest BCUT2D eigenvalue weighted by Gasteiger charge is -2.14. The highest BCUT2D eigenvalue weighted by atomic mass is 79.9. The summed E-state index contributed by atoms with van der Waals surface area (Å²) >= 11 is 3.32. The fourth-order valence-electron chi connectivity index (χ4n) is 0.964. The van der Waals surface area contributed by atoms with Gasteiger partial charge in [0.25, 0.3) is 0 Å². The van der Waals surface area contributed by atoms with Gasteiger partial charge in [-0.3, -0.25) is 0 Å². The molecule has 0 aromatic heterocycles. The second-order valence-electron chi connectivity index (χ2n) is 2.86. The molecule has 12 heavy (non-hydrogen) atoms. The van der Waals surface area contributed by atoms with Gasteiger partial charge in [-0.2, -0.15) is 0 Å². The molecule has 0 unspecified atom stereocenters. The zero-order valence-corrected chi connectivity index (χ0v) is 8.45. The van der Waals surface area contributed by atoms with Crippen molar-refractivity contribution in [2.75, 3.05) is 0 Å². The molecule has 0 heterocycles. The first-order valence-electron chi connectivity index (χ1n) is 3.80. The fraction of sp³-hybridized carbons (Fsp3) is 0.333. The molecule has 1 aromatic rings. The van der Waals surface area contributed by atoms with Crippen molar-refractivity contribution >= 4 is 15.9 Å². The molecule has 0 aliphatic rings. The predicted molar refractivity (Wildman–Crippen MR) is 52.8 cm³/mol. The maximum atomic E-state index is 9.55. The number of halogens is 1. The van der Waals surface area contributed by atoms with E-state index in [1.165, 1.54) is 0 Å². The van der Waals surface area contributed by atoms with Crippen molar-refractivity contribution in [2.45, 2.75) is 19.1 Å². The smallest absolute Gasteiger partial charge is 0.0938 e. The molecule has 3 heteroatoms. The van der Waals surface area contributed by atoms with E-state index in [-0.39, 0.29) is 6.04 Å². The van der Waals surface area contributed by atoms with E-state index in [0.717, 1.165) is 10.0 Å². The van der Waals surface area contributed by atoms with Crippen molar-refractivity contribution < 1.29 is 5.11 Å². The van der Waals surface area contributed by atoms with E-state index in [4.69, 9.17) is 5.73 Å². The summed E-state index contributed by atoms with van der Waals surface area (Å²) in [5.74, 6) is 0. The maximum absolute atomic E-state index is 9.55. The molecular weight excluding hydrogens is 218 g/mol. The highest BCUT2D eigenvalue weighted by Gasteiger charge is 2.11. The number of aliphatic hydroxyl groups is 1. The van der Waals surface area contributed by atoms with Crippen LogP contribution in [-0.2, 0) is 0 Å². The van der Waals surface area contributed by atoms with Crippen LogP contribution in [0.2, 0.25) is 0 Å². The SMILES string of the molecule is C[C@@H](N)[C@@H](O)c1ccc(Br)cc1. The normalized spacial score (nSPS) is 15.7. The number of benzene rings is 1. The topological polar surface area (TPSA) is 46.2 Å². The van der Waals surface area contributed by atoms with Gasteiger partial charge in [0.05, 0.1) is 6.10 Å². The van der Waals surface area contributed by atoms with Crippen LogP contribution in [0.3, 0.4) is 0 Å². The minimum Gasteiger partial charge on any atom is -0.387 e. The van der Waals surface area contributed by atoms with Crippen LogP contribution in [0.5, 0.6) is 0 Å². The first-order valence-corrected chi connectivity index (χ1v) is 4.59. The average molecular weight is 230 g/mol. The second-order valence-corrected chi connectivity index (χ2v) is 3.77. The third-order valence-corrected chi connectivity index (χ3v) is 2.24. The molecule has 2 nitrogen and oxygen atoms in total. The molecule has 1 rings (SSSR count). The lowest BCUT2D eigenvalue weighted by atomic mass is 10.0. The van der Waals surface area contributed by atoms with Crippen LogP contribution in [-0.4, -0.2) is 11.1 Å². The molecule has 0 aliphatic heterocycles. The molecule has 66 valence electrons. The van der Waals surface area contributed by atoms with Gasteiger partial charge in [-0.1, -0.05) is 28.1 Å². The average Bonchev–Trinajstić information content (AvgIpc) is 2.04. The van der Waals surface area contributed by atoms with E-state index in [9.17, 15) is 5.11 Å². The molecule has 2 atom stereocenters. The number of nitrogens with two attached hydrogens (primary N) is 1. The Labute approximate surface area is 80.5 Å². The standard InChI is InChI=1S/C9H12BrNO/c1-6(11)9(12)7-2-4-8(10)5-3-7/h2-6,9,12H,11H2,1H3/t6-,9-/m1/s1. The van der Waals surface area contributed by atoms with Gasteiger partial charge in [0, 0.05) is 10.5 Å². The minimum absolute atomic E-state index is 0.230. The molecule has 0 amide bonds. The van der Waals surface area contributed by atoms with E-state index < -0.39 is 6.10 Å². The molecule has 0 spiro atoms. The van der Waals surface area contributed by atoms with Crippen LogP contribution >= 0.6 is 15.9 Å². The monoisotopic (exact) mass is 229 g/mol. The van der Waals surface area contributed by atoms with Gasteiger partial charge in [0.2, 0.25) is 0 Å². The Kier molecular flexibility index (Phi) is 3.26. The molecule has 3 N–H and O–H groups in total. The zero-order valence-electron chi connectivity index (χ0n) is 6.87. The van der Waals surface area contributed by atoms with Crippen LogP contribution in [0, 0.1) is 0 Å². The Hall–Kier alpha value is -0.380. The third-order valence-electron chi connectivity index (χ3n) is 1.71. The van der Waals surface area contributed by atoms with Gasteiger partial charge in [-0.05, 0) is 24.6 Å². The van der Waals surface area contributed by atoms with Crippen LogP contribution in [0.25, 0.3) is 0 Å². The van der Waals surface area contributed by atoms with Crippen molar-refractivity contribution in [2.24, 2.45) is 5.73 Å².